The Kier molecular flexibility index (Phi) is 8.40. The molecule has 0 heterocycles. The van der Waals surface area contributed by atoms with E-state index in [1.807, 2.05) is 0 Å². The minimum absolute atomic E-state index is 0.906. The van der Waals surface area contributed by atoms with E-state index in [9.17, 15) is 0 Å². The maximum atomic E-state index is 4.25. The molecule has 0 atom stereocenters. The van der Waals surface area contributed by atoms with Crippen LogP contribution in [0.3, 0.4) is 0 Å². The fourth-order valence-corrected chi connectivity index (χ4v) is 3.05. The van der Waals surface area contributed by atoms with Crippen molar-refractivity contribution >= 4 is 12.6 Å². The molecule has 1 saturated carbocycles. The largest absolute Gasteiger partial charge is 0.301 e. The van der Waals surface area contributed by atoms with Crippen molar-refractivity contribution in [1.82, 2.24) is 4.90 Å². The van der Waals surface area contributed by atoms with Crippen LogP contribution in [0, 0.1) is 0 Å². The highest BCUT2D eigenvalue weighted by Crippen LogP contribution is 2.22. The number of rotatable bonds is 8. The maximum Gasteiger partial charge on any atom is 0.00951 e. The predicted molar refractivity (Wildman–Crippen MR) is 76.4 cm³/mol. The Morgan fingerprint density at radius 1 is 1.00 bits per heavy atom. The fraction of sp³-hybridized carbons (Fsp3) is 1.00. The summed E-state index contributed by atoms with van der Waals surface area (Å²) in [5.41, 5.74) is 0. The number of unbranched alkanes of at least 4 members (excludes halogenated alkanes) is 3. The maximum absolute atomic E-state index is 4.25. The first-order chi connectivity index (χ1) is 7.88. The zero-order chi connectivity index (χ0) is 11.6. The van der Waals surface area contributed by atoms with Crippen molar-refractivity contribution in [1.29, 1.82) is 0 Å². The van der Waals surface area contributed by atoms with Gasteiger partial charge in [0.15, 0.2) is 0 Å². The molecule has 0 saturated heterocycles. The van der Waals surface area contributed by atoms with Gasteiger partial charge in [0, 0.05) is 6.04 Å². The van der Waals surface area contributed by atoms with Gasteiger partial charge in [-0.15, -0.1) is 0 Å². The van der Waals surface area contributed by atoms with Crippen molar-refractivity contribution in [3.63, 3.8) is 0 Å². The van der Waals surface area contributed by atoms with E-state index in [1.54, 1.807) is 0 Å². The van der Waals surface area contributed by atoms with E-state index >= 15 is 0 Å². The third kappa shape index (κ3) is 5.58. The summed E-state index contributed by atoms with van der Waals surface area (Å²) in [6, 6.07) is 0.906. The second-order valence-electron chi connectivity index (χ2n) is 5.06. The summed E-state index contributed by atoms with van der Waals surface area (Å²) in [6.07, 6.45) is 12.7. The Labute approximate surface area is 107 Å². The van der Waals surface area contributed by atoms with E-state index < -0.39 is 0 Å². The second kappa shape index (κ2) is 9.35. The van der Waals surface area contributed by atoms with Gasteiger partial charge < -0.3 is 4.90 Å². The first-order valence-electron chi connectivity index (χ1n) is 7.23. The first kappa shape index (κ1) is 14.4. The number of hydrogen-bond donors (Lipinski definition) is 1. The fourth-order valence-electron chi connectivity index (χ4n) is 2.83. The summed E-state index contributed by atoms with van der Waals surface area (Å²) in [7, 11) is 0. The van der Waals surface area contributed by atoms with Crippen LogP contribution >= 0.6 is 12.6 Å². The van der Waals surface area contributed by atoms with Crippen molar-refractivity contribution in [2.45, 2.75) is 70.8 Å². The molecule has 2 heteroatoms. The molecule has 0 aromatic carbocycles. The van der Waals surface area contributed by atoms with E-state index in [0.29, 0.717) is 0 Å². The quantitative estimate of drug-likeness (QED) is 0.495. The Morgan fingerprint density at radius 3 is 2.31 bits per heavy atom. The topological polar surface area (TPSA) is 3.24 Å². The van der Waals surface area contributed by atoms with Gasteiger partial charge in [-0.1, -0.05) is 39.0 Å². The molecule has 1 rings (SSSR count). The first-order valence-corrected chi connectivity index (χ1v) is 7.86. The average molecular weight is 243 g/mol. The van der Waals surface area contributed by atoms with Crippen LogP contribution in [0.1, 0.15) is 64.7 Å². The monoisotopic (exact) mass is 243 g/mol. The van der Waals surface area contributed by atoms with Gasteiger partial charge in [0.05, 0.1) is 0 Å². The van der Waals surface area contributed by atoms with Crippen LogP contribution in [0.4, 0.5) is 0 Å². The van der Waals surface area contributed by atoms with Crippen molar-refractivity contribution in [3.8, 4) is 0 Å². The molecule has 0 radical (unpaired) electrons. The van der Waals surface area contributed by atoms with Gasteiger partial charge >= 0.3 is 0 Å². The number of nitrogens with zero attached hydrogens (tertiary/aromatic N) is 1. The number of thiol groups is 1. The smallest absolute Gasteiger partial charge is 0.00951 e. The third-order valence-corrected chi connectivity index (χ3v) is 4.17. The zero-order valence-corrected chi connectivity index (χ0v) is 11.9. The van der Waals surface area contributed by atoms with Crippen LogP contribution in [0.15, 0.2) is 0 Å². The Morgan fingerprint density at radius 2 is 1.69 bits per heavy atom. The summed E-state index contributed by atoms with van der Waals surface area (Å²) in [5.74, 6) is 1.06. The van der Waals surface area contributed by atoms with Crippen LogP contribution in [0.5, 0.6) is 0 Å². The highest BCUT2D eigenvalue weighted by molar-refractivity contribution is 7.80. The zero-order valence-electron chi connectivity index (χ0n) is 11.0. The molecule has 1 fully saturated rings. The van der Waals surface area contributed by atoms with E-state index in [4.69, 9.17) is 0 Å². The highest BCUT2D eigenvalue weighted by atomic mass is 32.1. The van der Waals surface area contributed by atoms with Gasteiger partial charge in [-0.05, 0) is 44.5 Å². The summed E-state index contributed by atoms with van der Waals surface area (Å²) in [5, 5.41) is 0. The van der Waals surface area contributed by atoms with Crippen LogP contribution in [-0.2, 0) is 0 Å². The Bertz CT molecular complexity index is 155. The molecule has 0 aromatic heterocycles. The van der Waals surface area contributed by atoms with Gasteiger partial charge in [-0.3, -0.25) is 0 Å². The summed E-state index contributed by atoms with van der Waals surface area (Å²) in [4.78, 5) is 2.72. The molecule has 0 N–H and O–H groups in total. The van der Waals surface area contributed by atoms with E-state index in [2.05, 4.69) is 24.5 Å². The summed E-state index contributed by atoms with van der Waals surface area (Å²) in [6.45, 7) is 4.90. The lowest BCUT2D eigenvalue weighted by molar-refractivity contribution is 0.160. The normalized spacial score (nSPS) is 18.2. The van der Waals surface area contributed by atoms with Crippen LogP contribution in [0.2, 0.25) is 0 Å². The summed E-state index contributed by atoms with van der Waals surface area (Å²) >= 11 is 4.25. The van der Waals surface area contributed by atoms with Crippen molar-refractivity contribution in [3.05, 3.63) is 0 Å². The lowest BCUT2D eigenvalue weighted by atomic mass is 9.94. The highest BCUT2D eigenvalue weighted by Gasteiger charge is 2.18. The SMILES string of the molecule is CCN(CCCCCCS)C1CCCCC1. The molecule has 0 amide bonds. The predicted octanol–water partition coefficient (Wildman–Crippen LogP) is 4.13. The lowest BCUT2D eigenvalue weighted by Gasteiger charge is -2.33. The van der Waals surface area contributed by atoms with Crippen LogP contribution in [-0.4, -0.2) is 29.8 Å². The Hall–Kier alpha value is 0.310. The Balaban J connectivity index is 2.10. The molecule has 0 aromatic rings. The van der Waals surface area contributed by atoms with Gasteiger partial charge in [-0.25, -0.2) is 0 Å². The van der Waals surface area contributed by atoms with Gasteiger partial charge in [0.2, 0.25) is 0 Å². The van der Waals surface area contributed by atoms with Crippen molar-refractivity contribution in [2.75, 3.05) is 18.8 Å². The molecule has 0 bridgehead atoms. The minimum atomic E-state index is 0.906. The molecule has 1 nitrogen and oxygen atoms in total. The number of hydrogen-bond acceptors (Lipinski definition) is 2. The molecule has 1 aliphatic rings. The molecular weight excluding hydrogens is 214 g/mol. The molecule has 1 aliphatic carbocycles. The van der Waals surface area contributed by atoms with Gasteiger partial charge in [0.25, 0.3) is 0 Å². The molecule has 16 heavy (non-hydrogen) atoms. The van der Waals surface area contributed by atoms with E-state index in [1.165, 1.54) is 70.9 Å². The molecule has 0 unspecified atom stereocenters. The van der Waals surface area contributed by atoms with Crippen LogP contribution < -0.4 is 0 Å². The molecular formula is C14H29NS. The van der Waals surface area contributed by atoms with E-state index in [0.717, 1.165) is 11.8 Å². The van der Waals surface area contributed by atoms with Crippen LogP contribution in [0.25, 0.3) is 0 Å². The second-order valence-corrected chi connectivity index (χ2v) is 5.51. The lowest BCUT2D eigenvalue weighted by Crippen LogP contribution is -2.37. The van der Waals surface area contributed by atoms with E-state index in [-0.39, 0.29) is 0 Å². The van der Waals surface area contributed by atoms with Crippen molar-refractivity contribution in [2.24, 2.45) is 0 Å². The van der Waals surface area contributed by atoms with Gasteiger partial charge in [-0.2, -0.15) is 12.6 Å². The van der Waals surface area contributed by atoms with Gasteiger partial charge in [0.1, 0.15) is 0 Å². The minimum Gasteiger partial charge on any atom is -0.301 e. The summed E-state index contributed by atoms with van der Waals surface area (Å²) < 4.78 is 0. The third-order valence-electron chi connectivity index (χ3n) is 3.85. The average Bonchev–Trinajstić information content (AvgIpc) is 2.35. The standard InChI is InChI=1S/C14H29NS/c1-2-15(12-8-3-4-9-13-16)14-10-6-5-7-11-14/h14,16H,2-13H2,1H3. The molecule has 0 spiro atoms. The molecule has 0 aliphatic heterocycles. The van der Waals surface area contributed by atoms with Crippen molar-refractivity contribution < 1.29 is 0 Å². The molecule has 96 valence electrons.